The molecular formula is C15H9Cl2F3N2S. The molecule has 0 fully saturated rings. The standard InChI is InChI=1S/C15H9Cl2F3N2S/c16-13-7-10(22)3-6-12(13)14(17,8-21)9-1-4-11(5-2-9)23-15(18,19)20/h1-7H,22H2. The molecule has 0 aliphatic heterocycles. The summed E-state index contributed by atoms with van der Waals surface area (Å²) < 4.78 is 37.1. The predicted octanol–water partition coefficient (Wildman–Crippen LogP) is 5.54. The fourth-order valence-electron chi connectivity index (χ4n) is 1.98. The Morgan fingerprint density at radius 2 is 1.70 bits per heavy atom. The summed E-state index contributed by atoms with van der Waals surface area (Å²) in [5.41, 5.74) is 2.27. The molecule has 0 saturated carbocycles. The molecule has 0 radical (unpaired) electrons. The molecule has 0 spiro atoms. The molecule has 23 heavy (non-hydrogen) atoms. The highest BCUT2D eigenvalue weighted by molar-refractivity contribution is 8.00. The number of nitrogens with two attached hydrogens (primary N) is 1. The second-order valence-corrected chi connectivity index (χ2v) is 6.69. The number of alkyl halides is 4. The van der Waals surface area contributed by atoms with Crippen LogP contribution in [0.5, 0.6) is 0 Å². The van der Waals surface area contributed by atoms with Crippen molar-refractivity contribution in [1.82, 2.24) is 0 Å². The van der Waals surface area contributed by atoms with Crippen LogP contribution in [0.25, 0.3) is 0 Å². The summed E-state index contributed by atoms with van der Waals surface area (Å²) in [7, 11) is 0. The summed E-state index contributed by atoms with van der Waals surface area (Å²) in [5.74, 6) is 0. The average molecular weight is 377 g/mol. The Bertz CT molecular complexity index is 757. The van der Waals surface area contributed by atoms with Gasteiger partial charge in [-0.25, -0.2) is 0 Å². The summed E-state index contributed by atoms with van der Waals surface area (Å²) in [4.78, 5) is -1.62. The summed E-state index contributed by atoms with van der Waals surface area (Å²) in [5, 5.41) is 9.69. The lowest BCUT2D eigenvalue weighted by molar-refractivity contribution is -0.0328. The molecule has 2 rings (SSSR count). The number of nitrogens with zero attached hydrogens (tertiary/aromatic N) is 1. The van der Waals surface area contributed by atoms with E-state index in [2.05, 4.69) is 0 Å². The highest BCUT2D eigenvalue weighted by atomic mass is 35.5. The average Bonchev–Trinajstić information content (AvgIpc) is 2.45. The van der Waals surface area contributed by atoms with E-state index in [9.17, 15) is 18.4 Å². The highest BCUT2D eigenvalue weighted by Crippen LogP contribution is 2.42. The normalized spacial score (nSPS) is 14.1. The lowest BCUT2D eigenvalue weighted by Gasteiger charge is -2.22. The first kappa shape index (κ1) is 17.8. The van der Waals surface area contributed by atoms with Crippen LogP contribution >= 0.6 is 35.0 Å². The van der Waals surface area contributed by atoms with Crippen LogP contribution in [-0.2, 0) is 4.87 Å². The summed E-state index contributed by atoms with van der Waals surface area (Å²) >= 11 is 12.3. The van der Waals surface area contributed by atoms with Crippen molar-refractivity contribution in [2.24, 2.45) is 0 Å². The maximum atomic E-state index is 12.4. The largest absolute Gasteiger partial charge is 0.446 e. The SMILES string of the molecule is N#CC(Cl)(c1ccc(SC(F)(F)F)cc1)c1ccc(N)cc1Cl. The number of anilines is 1. The number of nitriles is 1. The Labute approximate surface area is 145 Å². The molecular weight excluding hydrogens is 368 g/mol. The Morgan fingerprint density at radius 1 is 1.09 bits per heavy atom. The van der Waals surface area contributed by atoms with E-state index in [1.807, 2.05) is 6.07 Å². The third-order valence-corrected chi connectivity index (χ3v) is 4.56. The molecule has 1 unspecified atom stereocenters. The molecule has 2 N–H and O–H groups in total. The molecule has 1 atom stereocenters. The molecule has 2 nitrogen and oxygen atoms in total. The zero-order chi connectivity index (χ0) is 17.3. The number of thioether (sulfide) groups is 1. The maximum Gasteiger partial charge on any atom is 0.446 e. The molecule has 0 aliphatic carbocycles. The fraction of sp³-hybridized carbons (Fsp3) is 0.133. The van der Waals surface area contributed by atoms with Crippen molar-refractivity contribution in [1.29, 1.82) is 5.26 Å². The van der Waals surface area contributed by atoms with Gasteiger partial charge in [-0.2, -0.15) is 18.4 Å². The first-order valence-electron chi connectivity index (χ1n) is 6.17. The van der Waals surface area contributed by atoms with Crippen molar-refractivity contribution in [3.8, 4) is 6.07 Å². The second kappa shape index (κ2) is 6.52. The summed E-state index contributed by atoms with van der Waals surface area (Å²) in [6.07, 6.45) is 0. The number of hydrogen-bond donors (Lipinski definition) is 1. The van der Waals surface area contributed by atoms with Gasteiger partial charge in [0.2, 0.25) is 0 Å². The zero-order valence-corrected chi connectivity index (χ0v) is 13.7. The number of hydrogen-bond acceptors (Lipinski definition) is 3. The molecule has 2 aromatic rings. The van der Waals surface area contributed by atoms with Gasteiger partial charge in [-0.05, 0) is 41.6 Å². The van der Waals surface area contributed by atoms with Gasteiger partial charge in [-0.3, -0.25) is 0 Å². The molecule has 2 aromatic carbocycles. The Balaban J connectivity index is 2.42. The fourth-order valence-corrected chi connectivity index (χ4v) is 3.19. The molecule has 8 heteroatoms. The van der Waals surface area contributed by atoms with Crippen LogP contribution in [0, 0.1) is 11.3 Å². The molecule has 0 heterocycles. The van der Waals surface area contributed by atoms with E-state index in [0.29, 0.717) is 16.8 Å². The van der Waals surface area contributed by atoms with Crippen molar-refractivity contribution in [3.05, 3.63) is 58.6 Å². The molecule has 0 bridgehead atoms. The van der Waals surface area contributed by atoms with Crippen LogP contribution < -0.4 is 5.73 Å². The number of rotatable bonds is 3. The van der Waals surface area contributed by atoms with E-state index < -0.39 is 10.4 Å². The minimum atomic E-state index is -4.38. The van der Waals surface area contributed by atoms with Gasteiger partial charge < -0.3 is 5.73 Å². The van der Waals surface area contributed by atoms with Gasteiger partial charge in [-0.1, -0.05) is 41.4 Å². The lowest BCUT2D eigenvalue weighted by atomic mass is 9.91. The van der Waals surface area contributed by atoms with Crippen LogP contribution in [0.2, 0.25) is 5.02 Å². The summed E-state index contributed by atoms with van der Waals surface area (Å²) in [6, 6.07) is 11.7. The number of nitrogen functional groups attached to an aromatic ring is 1. The molecule has 0 aliphatic rings. The minimum absolute atomic E-state index is 0.00149. The molecule has 120 valence electrons. The van der Waals surface area contributed by atoms with E-state index in [-0.39, 0.29) is 21.7 Å². The number of benzene rings is 2. The molecule has 0 amide bonds. The molecule has 0 saturated heterocycles. The van der Waals surface area contributed by atoms with E-state index in [1.54, 1.807) is 6.07 Å². The third kappa shape index (κ3) is 4.05. The van der Waals surface area contributed by atoms with Crippen molar-refractivity contribution in [2.45, 2.75) is 15.3 Å². The van der Waals surface area contributed by atoms with Gasteiger partial charge in [0.25, 0.3) is 0 Å². The quantitative estimate of drug-likeness (QED) is 0.434. The van der Waals surface area contributed by atoms with Crippen LogP contribution in [0.4, 0.5) is 18.9 Å². The summed E-state index contributed by atoms with van der Waals surface area (Å²) in [6.45, 7) is 0. The number of halogens is 5. The predicted molar refractivity (Wildman–Crippen MR) is 86.5 cm³/mol. The van der Waals surface area contributed by atoms with Crippen molar-refractivity contribution < 1.29 is 13.2 Å². The van der Waals surface area contributed by atoms with Crippen LogP contribution in [0.3, 0.4) is 0 Å². The van der Waals surface area contributed by atoms with Crippen LogP contribution in [0.1, 0.15) is 11.1 Å². The first-order valence-corrected chi connectivity index (χ1v) is 7.75. The maximum absolute atomic E-state index is 12.4. The van der Waals surface area contributed by atoms with Crippen molar-refractivity contribution in [3.63, 3.8) is 0 Å². The highest BCUT2D eigenvalue weighted by Gasteiger charge is 2.35. The third-order valence-electron chi connectivity index (χ3n) is 3.00. The van der Waals surface area contributed by atoms with Gasteiger partial charge in [0.15, 0.2) is 4.87 Å². The minimum Gasteiger partial charge on any atom is -0.399 e. The van der Waals surface area contributed by atoms with Gasteiger partial charge in [0.1, 0.15) is 0 Å². The van der Waals surface area contributed by atoms with Crippen LogP contribution in [0.15, 0.2) is 47.4 Å². The van der Waals surface area contributed by atoms with Crippen molar-refractivity contribution in [2.75, 3.05) is 5.73 Å². The monoisotopic (exact) mass is 376 g/mol. The van der Waals surface area contributed by atoms with E-state index >= 15 is 0 Å². The van der Waals surface area contributed by atoms with Gasteiger partial charge in [-0.15, -0.1) is 0 Å². The van der Waals surface area contributed by atoms with Crippen molar-refractivity contribution >= 4 is 40.7 Å². The van der Waals surface area contributed by atoms with Crippen LogP contribution in [-0.4, -0.2) is 5.51 Å². The van der Waals surface area contributed by atoms with E-state index in [4.69, 9.17) is 28.9 Å². The van der Waals surface area contributed by atoms with Gasteiger partial charge >= 0.3 is 5.51 Å². The Hall–Kier alpha value is -1.55. The molecule has 0 aromatic heterocycles. The zero-order valence-electron chi connectivity index (χ0n) is 11.4. The van der Waals surface area contributed by atoms with E-state index in [1.165, 1.54) is 36.4 Å². The van der Waals surface area contributed by atoms with Gasteiger partial charge in [0, 0.05) is 21.2 Å². The second-order valence-electron chi connectivity index (χ2n) is 4.58. The Kier molecular flexibility index (Phi) is 5.04. The lowest BCUT2D eigenvalue weighted by Crippen LogP contribution is -2.18. The Morgan fingerprint density at radius 3 is 2.17 bits per heavy atom. The van der Waals surface area contributed by atoms with E-state index in [0.717, 1.165) is 0 Å². The smallest absolute Gasteiger partial charge is 0.399 e. The topological polar surface area (TPSA) is 49.8 Å². The first-order chi connectivity index (χ1) is 10.7. The van der Waals surface area contributed by atoms with Gasteiger partial charge in [0.05, 0.1) is 6.07 Å².